The number of benzene rings is 2. The van der Waals surface area contributed by atoms with Gasteiger partial charge in [0, 0.05) is 11.6 Å². The molecule has 3 aromatic rings. The van der Waals surface area contributed by atoms with Crippen LogP contribution in [0.4, 0.5) is 5.69 Å². The van der Waals surface area contributed by atoms with Crippen LogP contribution in [0.5, 0.6) is 0 Å². The van der Waals surface area contributed by atoms with Crippen LogP contribution in [-0.4, -0.2) is 20.9 Å². The lowest BCUT2D eigenvalue weighted by Crippen LogP contribution is -2.17. The summed E-state index contributed by atoms with van der Waals surface area (Å²) in [5.74, 6) is -0.0645. The number of hydrogen-bond acceptors (Lipinski definition) is 3. The third kappa shape index (κ3) is 3.23. The summed E-state index contributed by atoms with van der Waals surface area (Å²) in [6.45, 7) is 5.86. The Bertz CT molecular complexity index is 834. The van der Waals surface area contributed by atoms with Gasteiger partial charge >= 0.3 is 0 Å². The van der Waals surface area contributed by atoms with Crippen molar-refractivity contribution in [2.24, 2.45) is 5.92 Å². The Kier molecular flexibility index (Phi) is 4.10. The van der Waals surface area contributed by atoms with Gasteiger partial charge in [-0.1, -0.05) is 32.9 Å². The van der Waals surface area contributed by atoms with Crippen LogP contribution in [0, 0.1) is 5.92 Å². The molecule has 0 saturated heterocycles. The number of hydrogen-bond donors (Lipinski definition) is 1. The summed E-state index contributed by atoms with van der Waals surface area (Å²) < 4.78 is 0. The van der Waals surface area contributed by atoms with Crippen molar-refractivity contribution in [2.45, 2.75) is 27.2 Å². The Morgan fingerprint density at radius 3 is 2.43 bits per heavy atom. The van der Waals surface area contributed by atoms with Crippen LogP contribution in [0.2, 0.25) is 0 Å². The predicted molar refractivity (Wildman–Crippen MR) is 91.7 cm³/mol. The van der Waals surface area contributed by atoms with Gasteiger partial charge in [-0.2, -0.15) is 4.80 Å². The summed E-state index contributed by atoms with van der Waals surface area (Å²) in [6, 6.07) is 13.8. The van der Waals surface area contributed by atoms with E-state index in [1.54, 1.807) is 4.80 Å². The Morgan fingerprint density at radius 2 is 1.78 bits per heavy atom. The normalized spacial score (nSPS) is 11.1. The summed E-state index contributed by atoms with van der Waals surface area (Å²) >= 11 is 0. The van der Waals surface area contributed by atoms with Gasteiger partial charge < -0.3 is 5.32 Å². The van der Waals surface area contributed by atoms with Crippen LogP contribution < -0.4 is 5.32 Å². The van der Waals surface area contributed by atoms with Crippen LogP contribution in [0.25, 0.3) is 16.7 Å². The highest BCUT2D eigenvalue weighted by atomic mass is 16.1. The number of anilines is 1. The topological polar surface area (TPSA) is 59.8 Å². The van der Waals surface area contributed by atoms with Crippen molar-refractivity contribution in [1.29, 1.82) is 0 Å². The second-order valence-corrected chi connectivity index (χ2v) is 5.86. The first-order valence-electron chi connectivity index (χ1n) is 7.84. The molecule has 0 fully saturated rings. The monoisotopic (exact) mass is 308 g/mol. The third-order valence-corrected chi connectivity index (χ3v) is 3.75. The van der Waals surface area contributed by atoms with Crippen molar-refractivity contribution in [3.8, 4) is 5.69 Å². The van der Waals surface area contributed by atoms with Crippen LogP contribution in [-0.2, 0) is 11.2 Å². The minimum Gasteiger partial charge on any atom is -0.326 e. The Hall–Kier alpha value is -2.69. The summed E-state index contributed by atoms with van der Waals surface area (Å²) in [7, 11) is 0. The Balaban J connectivity index is 1.90. The van der Waals surface area contributed by atoms with Gasteiger partial charge in [0.2, 0.25) is 5.91 Å². The number of nitrogens with zero attached hydrogens (tertiary/aromatic N) is 3. The quantitative estimate of drug-likeness (QED) is 0.801. The zero-order chi connectivity index (χ0) is 16.4. The van der Waals surface area contributed by atoms with Gasteiger partial charge in [-0.05, 0) is 42.3 Å². The Labute approximate surface area is 135 Å². The SMILES string of the molecule is CCc1ccc(-n2nc3ccc(NC(=O)C(C)C)cc3n2)cc1. The molecule has 1 aromatic heterocycles. The van der Waals surface area contributed by atoms with Gasteiger partial charge in [0.1, 0.15) is 11.0 Å². The van der Waals surface area contributed by atoms with Crippen molar-refractivity contribution in [1.82, 2.24) is 15.0 Å². The second kappa shape index (κ2) is 6.20. The Morgan fingerprint density at radius 1 is 1.09 bits per heavy atom. The molecular formula is C18H20N4O. The van der Waals surface area contributed by atoms with E-state index in [1.807, 2.05) is 44.2 Å². The van der Waals surface area contributed by atoms with Gasteiger partial charge in [0.15, 0.2) is 0 Å². The largest absolute Gasteiger partial charge is 0.326 e. The molecule has 2 aromatic carbocycles. The fourth-order valence-corrected chi connectivity index (χ4v) is 2.26. The maximum Gasteiger partial charge on any atom is 0.226 e. The first-order chi connectivity index (χ1) is 11.1. The van der Waals surface area contributed by atoms with Gasteiger partial charge in [0.05, 0.1) is 5.69 Å². The highest BCUT2D eigenvalue weighted by Crippen LogP contribution is 2.18. The van der Waals surface area contributed by atoms with E-state index in [2.05, 4.69) is 34.6 Å². The van der Waals surface area contributed by atoms with E-state index in [1.165, 1.54) is 5.56 Å². The standard InChI is InChI=1S/C18H20N4O/c1-4-13-5-8-15(9-6-13)22-20-16-10-7-14(11-17(16)21-22)19-18(23)12(2)3/h5-12H,4H2,1-3H3,(H,19,23). The molecule has 118 valence electrons. The smallest absolute Gasteiger partial charge is 0.226 e. The molecular weight excluding hydrogens is 288 g/mol. The fourth-order valence-electron chi connectivity index (χ4n) is 2.26. The van der Waals surface area contributed by atoms with E-state index < -0.39 is 0 Å². The van der Waals surface area contributed by atoms with Crippen molar-refractivity contribution in [2.75, 3.05) is 5.32 Å². The lowest BCUT2D eigenvalue weighted by Gasteiger charge is -2.06. The van der Waals surface area contributed by atoms with Crippen LogP contribution >= 0.6 is 0 Å². The fraction of sp³-hybridized carbons (Fsp3) is 0.278. The molecule has 1 heterocycles. The minimum absolute atomic E-state index is 0.00750. The van der Waals surface area contributed by atoms with Gasteiger partial charge in [-0.3, -0.25) is 4.79 Å². The number of rotatable bonds is 4. The van der Waals surface area contributed by atoms with Crippen molar-refractivity contribution in [3.63, 3.8) is 0 Å². The van der Waals surface area contributed by atoms with Crippen LogP contribution in [0.15, 0.2) is 42.5 Å². The number of nitrogens with one attached hydrogen (secondary N) is 1. The third-order valence-electron chi connectivity index (χ3n) is 3.75. The van der Waals surface area contributed by atoms with E-state index in [0.717, 1.165) is 28.8 Å². The molecule has 0 unspecified atom stereocenters. The number of aromatic nitrogens is 3. The number of amides is 1. The van der Waals surface area contributed by atoms with Crippen LogP contribution in [0.3, 0.4) is 0 Å². The summed E-state index contributed by atoms with van der Waals surface area (Å²) in [5.41, 5.74) is 4.50. The average Bonchev–Trinajstić information content (AvgIpc) is 2.98. The summed E-state index contributed by atoms with van der Waals surface area (Å²) in [6.07, 6.45) is 1.01. The molecule has 0 aliphatic heterocycles. The van der Waals surface area contributed by atoms with Crippen molar-refractivity contribution < 1.29 is 4.79 Å². The highest BCUT2D eigenvalue weighted by molar-refractivity contribution is 5.94. The molecule has 0 bridgehead atoms. The molecule has 23 heavy (non-hydrogen) atoms. The molecule has 0 aliphatic carbocycles. The first kappa shape index (κ1) is 15.2. The highest BCUT2D eigenvalue weighted by Gasteiger charge is 2.09. The van der Waals surface area contributed by atoms with E-state index in [9.17, 15) is 4.79 Å². The number of carbonyl (C=O) groups excluding carboxylic acids is 1. The summed E-state index contributed by atoms with van der Waals surface area (Å²) in [4.78, 5) is 13.4. The number of aryl methyl sites for hydroxylation is 1. The maximum absolute atomic E-state index is 11.8. The number of carbonyl (C=O) groups is 1. The molecule has 3 rings (SSSR count). The van der Waals surface area contributed by atoms with E-state index in [0.29, 0.717) is 0 Å². The van der Waals surface area contributed by atoms with Gasteiger partial charge in [-0.25, -0.2) is 0 Å². The second-order valence-electron chi connectivity index (χ2n) is 5.86. The lowest BCUT2D eigenvalue weighted by atomic mass is 10.2. The molecule has 5 heteroatoms. The molecule has 1 N–H and O–H groups in total. The molecule has 0 spiro atoms. The maximum atomic E-state index is 11.8. The zero-order valence-corrected chi connectivity index (χ0v) is 13.6. The van der Waals surface area contributed by atoms with Crippen LogP contribution in [0.1, 0.15) is 26.3 Å². The van der Waals surface area contributed by atoms with Crippen molar-refractivity contribution >= 4 is 22.6 Å². The predicted octanol–water partition coefficient (Wildman–Crippen LogP) is 3.58. The average molecular weight is 308 g/mol. The number of fused-ring (bicyclic) bond motifs is 1. The first-order valence-corrected chi connectivity index (χ1v) is 7.84. The van der Waals surface area contributed by atoms with Crippen molar-refractivity contribution in [3.05, 3.63) is 48.0 Å². The van der Waals surface area contributed by atoms with E-state index in [-0.39, 0.29) is 11.8 Å². The molecule has 0 atom stereocenters. The minimum atomic E-state index is -0.0570. The zero-order valence-electron chi connectivity index (χ0n) is 13.6. The lowest BCUT2D eigenvalue weighted by molar-refractivity contribution is -0.118. The molecule has 0 radical (unpaired) electrons. The molecule has 5 nitrogen and oxygen atoms in total. The molecule has 0 saturated carbocycles. The van der Waals surface area contributed by atoms with Gasteiger partial charge in [0.25, 0.3) is 0 Å². The molecule has 0 aliphatic rings. The van der Waals surface area contributed by atoms with E-state index in [4.69, 9.17) is 0 Å². The summed E-state index contributed by atoms with van der Waals surface area (Å²) in [5, 5.41) is 11.9. The van der Waals surface area contributed by atoms with E-state index >= 15 is 0 Å². The molecule has 1 amide bonds. The van der Waals surface area contributed by atoms with Gasteiger partial charge in [-0.15, -0.1) is 10.2 Å².